The number of aromatic nitrogens is 6. The van der Waals surface area contributed by atoms with E-state index in [2.05, 4.69) is 44.7 Å². The predicted octanol–water partition coefficient (Wildman–Crippen LogP) is 1.45. The highest BCUT2D eigenvalue weighted by Crippen LogP contribution is 2.22. The van der Waals surface area contributed by atoms with Crippen molar-refractivity contribution in [3.05, 3.63) is 36.4 Å². The number of hydrogen-bond acceptors (Lipinski definition) is 5. The Morgan fingerprint density at radius 1 is 1.35 bits per heavy atom. The molecule has 0 spiro atoms. The number of rotatable bonds is 6. The molecule has 0 saturated carbocycles. The Morgan fingerprint density at radius 2 is 2.17 bits per heavy atom. The lowest BCUT2D eigenvalue weighted by Crippen LogP contribution is -2.33. The molecule has 3 rings (SSSR count). The summed E-state index contributed by atoms with van der Waals surface area (Å²) in [5.74, 6) is 0.934. The third-order valence-electron chi connectivity index (χ3n) is 3.64. The molecule has 1 atom stereocenters. The first-order valence-electron chi connectivity index (χ1n) is 7.58. The number of tetrazole rings is 1. The molecule has 2 aromatic heterocycles. The summed E-state index contributed by atoms with van der Waals surface area (Å²) in [5, 5.41) is 13.9. The quantitative estimate of drug-likeness (QED) is 0.717. The van der Waals surface area contributed by atoms with E-state index >= 15 is 0 Å². The lowest BCUT2D eigenvalue weighted by Gasteiger charge is -2.20. The van der Waals surface area contributed by atoms with Crippen LogP contribution in [0, 0.1) is 5.92 Å². The fraction of sp³-hybridized carbons (Fsp3) is 0.400. The standard InChI is InChI=1S/C15H19N7O/c1-10(2)14(15-17-11-5-3-4-6-12(11)18-15)19-13(23)7-8-22-9-16-20-21-22/h3-6,9-10,14H,7-8H2,1-2H3,(H,17,18)(H,19,23)/t14-/m0/s1. The molecule has 23 heavy (non-hydrogen) atoms. The van der Waals surface area contributed by atoms with Gasteiger partial charge in [-0.05, 0) is 28.5 Å². The lowest BCUT2D eigenvalue weighted by molar-refractivity contribution is -0.122. The van der Waals surface area contributed by atoms with E-state index in [0.29, 0.717) is 13.0 Å². The van der Waals surface area contributed by atoms with Gasteiger partial charge >= 0.3 is 0 Å². The van der Waals surface area contributed by atoms with Crippen molar-refractivity contribution in [1.29, 1.82) is 0 Å². The Hall–Kier alpha value is -2.77. The minimum atomic E-state index is -0.163. The second-order valence-corrected chi connectivity index (χ2v) is 5.75. The van der Waals surface area contributed by atoms with Gasteiger partial charge in [0, 0.05) is 6.42 Å². The number of nitrogens with one attached hydrogen (secondary N) is 2. The van der Waals surface area contributed by atoms with E-state index in [0.717, 1.165) is 16.9 Å². The van der Waals surface area contributed by atoms with Crippen LogP contribution in [0.4, 0.5) is 0 Å². The first-order chi connectivity index (χ1) is 11.1. The maximum absolute atomic E-state index is 12.2. The highest BCUT2D eigenvalue weighted by atomic mass is 16.1. The summed E-state index contributed by atoms with van der Waals surface area (Å²) in [6, 6.07) is 7.67. The number of H-pyrrole nitrogens is 1. The number of carbonyl (C=O) groups excluding carboxylic acids is 1. The maximum Gasteiger partial charge on any atom is 0.222 e. The summed E-state index contributed by atoms with van der Waals surface area (Å²) in [6.45, 7) is 4.56. The fourth-order valence-electron chi connectivity index (χ4n) is 2.42. The zero-order valence-corrected chi connectivity index (χ0v) is 13.1. The molecule has 0 aliphatic heterocycles. The average Bonchev–Trinajstić information content (AvgIpc) is 3.19. The summed E-state index contributed by atoms with van der Waals surface area (Å²) in [6.07, 6.45) is 1.81. The third-order valence-corrected chi connectivity index (χ3v) is 3.64. The first kappa shape index (κ1) is 15.1. The van der Waals surface area contributed by atoms with Crippen molar-refractivity contribution in [2.45, 2.75) is 32.9 Å². The van der Waals surface area contributed by atoms with Crippen LogP contribution in [0.2, 0.25) is 0 Å². The SMILES string of the molecule is CC(C)[C@H](NC(=O)CCn1cnnn1)c1nc2ccccc2[nH]1. The zero-order valence-electron chi connectivity index (χ0n) is 13.1. The van der Waals surface area contributed by atoms with E-state index in [1.165, 1.54) is 11.0 Å². The van der Waals surface area contributed by atoms with Gasteiger partial charge in [0.05, 0.1) is 23.6 Å². The molecule has 2 N–H and O–H groups in total. The molecular weight excluding hydrogens is 294 g/mol. The van der Waals surface area contributed by atoms with Gasteiger partial charge in [-0.15, -0.1) is 5.10 Å². The van der Waals surface area contributed by atoms with E-state index in [1.807, 2.05) is 24.3 Å². The van der Waals surface area contributed by atoms with E-state index in [4.69, 9.17) is 0 Å². The number of aryl methyl sites for hydroxylation is 1. The van der Waals surface area contributed by atoms with Crippen molar-refractivity contribution in [3.8, 4) is 0 Å². The van der Waals surface area contributed by atoms with Gasteiger partial charge in [0.1, 0.15) is 12.2 Å². The van der Waals surface area contributed by atoms with Crippen LogP contribution in [0.25, 0.3) is 11.0 Å². The van der Waals surface area contributed by atoms with Crippen molar-refractivity contribution < 1.29 is 4.79 Å². The molecule has 0 radical (unpaired) electrons. The molecule has 1 aromatic carbocycles. The molecule has 8 nitrogen and oxygen atoms in total. The van der Waals surface area contributed by atoms with Crippen molar-refractivity contribution >= 4 is 16.9 Å². The molecule has 0 aliphatic carbocycles. The average molecular weight is 313 g/mol. The summed E-state index contributed by atoms with van der Waals surface area (Å²) in [5.41, 5.74) is 1.87. The highest BCUT2D eigenvalue weighted by Gasteiger charge is 2.21. The second kappa shape index (κ2) is 6.55. The number of fused-ring (bicyclic) bond motifs is 1. The molecular formula is C15H19N7O. The van der Waals surface area contributed by atoms with Gasteiger partial charge in [-0.1, -0.05) is 26.0 Å². The minimum absolute atomic E-state index is 0.0559. The second-order valence-electron chi connectivity index (χ2n) is 5.75. The lowest BCUT2D eigenvalue weighted by atomic mass is 10.0. The molecule has 3 aromatic rings. The smallest absolute Gasteiger partial charge is 0.222 e. The molecule has 0 unspecified atom stereocenters. The maximum atomic E-state index is 12.2. The van der Waals surface area contributed by atoms with E-state index in [9.17, 15) is 4.79 Å². The monoisotopic (exact) mass is 313 g/mol. The van der Waals surface area contributed by atoms with Gasteiger partial charge in [0.25, 0.3) is 0 Å². The fourth-order valence-corrected chi connectivity index (χ4v) is 2.42. The van der Waals surface area contributed by atoms with Crippen molar-refractivity contribution in [1.82, 2.24) is 35.5 Å². The molecule has 120 valence electrons. The van der Waals surface area contributed by atoms with Crippen LogP contribution in [0.5, 0.6) is 0 Å². The number of aromatic amines is 1. The Morgan fingerprint density at radius 3 is 2.87 bits per heavy atom. The number of para-hydroxylation sites is 2. The largest absolute Gasteiger partial charge is 0.346 e. The Labute approximate surface area is 133 Å². The molecule has 2 heterocycles. The molecule has 0 saturated heterocycles. The van der Waals surface area contributed by atoms with Crippen LogP contribution in [-0.4, -0.2) is 36.1 Å². The molecule has 1 amide bonds. The Balaban J connectivity index is 1.69. The number of carbonyl (C=O) groups is 1. The van der Waals surface area contributed by atoms with E-state index in [1.54, 1.807) is 0 Å². The zero-order chi connectivity index (χ0) is 16.2. The van der Waals surface area contributed by atoms with E-state index in [-0.39, 0.29) is 17.9 Å². The summed E-state index contributed by atoms with van der Waals surface area (Å²) >= 11 is 0. The molecule has 0 bridgehead atoms. The summed E-state index contributed by atoms with van der Waals surface area (Å²) in [4.78, 5) is 20.1. The van der Waals surface area contributed by atoms with Gasteiger partial charge < -0.3 is 10.3 Å². The van der Waals surface area contributed by atoms with Gasteiger partial charge in [-0.25, -0.2) is 9.67 Å². The Kier molecular flexibility index (Phi) is 4.31. The molecule has 8 heteroatoms. The summed E-state index contributed by atoms with van der Waals surface area (Å²) < 4.78 is 1.53. The molecule has 0 aliphatic rings. The van der Waals surface area contributed by atoms with Crippen molar-refractivity contribution in [2.75, 3.05) is 0 Å². The van der Waals surface area contributed by atoms with Gasteiger partial charge in [-0.2, -0.15) is 0 Å². The van der Waals surface area contributed by atoms with E-state index < -0.39 is 0 Å². The third kappa shape index (κ3) is 3.53. The Bertz CT molecular complexity index is 745. The number of imidazole rings is 1. The minimum Gasteiger partial charge on any atom is -0.346 e. The van der Waals surface area contributed by atoms with Crippen LogP contribution in [0.1, 0.15) is 32.1 Å². The number of nitrogens with zero attached hydrogens (tertiary/aromatic N) is 5. The topological polar surface area (TPSA) is 101 Å². The normalized spacial score (nSPS) is 12.7. The van der Waals surface area contributed by atoms with Gasteiger partial charge in [-0.3, -0.25) is 4.79 Å². The summed E-state index contributed by atoms with van der Waals surface area (Å²) in [7, 11) is 0. The van der Waals surface area contributed by atoms with Crippen LogP contribution in [0.3, 0.4) is 0 Å². The van der Waals surface area contributed by atoms with Crippen LogP contribution < -0.4 is 5.32 Å². The number of hydrogen-bond donors (Lipinski definition) is 2. The molecule has 0 fully saturated rings. The number of amides is 1. The highest BCUT2D eigenvalue weighted by molar-refractivity contribution is 5.77. The first-order valence-corrected chi connectivity index (χ1v) is 7.58. The van der Waals surface area contributed by atoms with Crippen LogP contribution in [0.15, 0.2) is 30.6 Å². The van der Waals surface area contributed by atoms with Gasteiger partial charge in [0.15, 0.2) is 0 Å². The van der Waals surface area contributed by atoms with Gasteiger partial charge in [0.2, 0.25) is 5.91 Å². The van der Waals surface area contributed by atoms with Crippen molar-refractivity contribution in [2.24, 2.45) is 5.92 Å². The predicted molar refractivity (Wildman–Crippen MR) is 84.2 cm³/mol. The van der Waals surface area contributed by atoms with Crippen molar-refractivity contribution in [3.63, 3.8) is 0 Å². The van der Waals surface area contributed by atoms with Crippen LogP contribution >= 0.6 is 0 Å². The van der Waals surface area contributed by atoms with Crippen LogP contribution in [-0.2, 0) is 11.3 Å². The number of benzene rings is 1.